The van der Waals surface area contributed by atoms with Gasteiger partial charge in [-0.3, -0.25) is 9.59 Å². The SMILES string of the molecule is C[C@@H](C(=O)N(C)Cc1cccc(F)c1)[NH+](C)CC(=O)Nc1ccccc1Cl. The molecule has 0 radical (unpaired) electrons. The molecule has 0 spiro atoms. The van der Waals surface area contributed by atoms with Gasteiger partial charge in [0.25, 0.3) is 11.8 Å². The van der Waals surface area contributed by atoms with Crippen molar-refractivity contribution in [1.29, 1.82) is 0 Å². The topological polar surface area (TPSA) is 53.9 Å². The van der Waals surface area contributed by atoms with Crippen molar-refractivity contribution in [2.24, 2.45) is 0 Å². The van der Waals surface area contributed by atoms with Crippen molar-refractivity contribution < 1.29 is 18.9 Å². The van der Waals surface area contributed by atoms with Gasteiger partial charge in [-0.05, 0) is 36.8 Å². The van der Waals surface area contributed by atoms with Gasteiger partial charge in [0, 0.05) is 13.6 Å². The molecule has 144 valence electrons. The highest BCUT2D eigenvalue weighted by Gasteiger charge is 2.27. The molecule has 2 aromatic carbocycles. The molecule has 1 unspecified atom stereocenters. The molecule has 0 fully saturated rings. The monoisotopic (exact) mass is 392 g/mol. The second kappa shape index (κ2) is 9.48. The van der Waals surface area contributed by atoms with Gasteiger partial charge in [0.05, 0.1) is 17.8 Å². The molecule has 0 aliphatic carbocycles. The minimum Gasteiger partial charge on any atom is -0.336 e. The number of para-hydroxylation sites is 1. The second-order valence-electron chi connectivity index (χ2n) is 6.60. The highest BCUT2D eigenvalue weighted by molar-refractivity contribution is 6.33. The van der Waals surface area contributed by atoms with Crippen LogP contribution in [0.3, 0.4) is 0 Å². The van der Waals surface area contributed by atoms with Crippen LogP contribution < -0.4 is 10.2 Å². The lowest BCUT2D eigenvalue weighted by Crippen LogP contribution is -3.15. The van der Waals surface area contributed by atoms with Gasteiger partial charge in [-0.2, -0.15) is 0 Å². The largest absolute Gasteiger partial charge is 0.336 e. The van der Waals surface area contributed by atoms with Crippen molar-refractivity contribution in [2.75, 3.05) is 26.0 Å². The molecule has 2 N–H and O–H groups in total. The Balaban J connectivity index is 1.91. The highest BCUT2D eigenvalue weighted by Crippen LogP contribution is 2.19. The Morgan fingerprint density at radius 2 is 1.93 bits per heavy atom. The third-order valence-corrected chi connectivity index (χ3v) is 4.71. The maximum Gasteiger partial charge on any atom is 0.280 e. The van der Waals surface area contributed by atoms with E-state index < -0.39 is 6.04 Å². The number of hydrogen-bond donors (Lipinski definition) is 2. The minimum absolute atomic E-state index is 0.117. The summed E-state index contributed by atoms with van der Waals surface area (Å²) in [6, 6.07) is 12.7. The molecular formula is C20H24ClFN3O2+. The quantitative estimate of drug-likeness (QED) is 0.757. The molecule has 27 heavy (non-hydrogen) atoms. The molecule has 0 saturated heterocycles. The van der Waals surface area contributed by atoms with Gasteiger partial charge >= 0.3 is 0 Å². The number of amides is 2. The van der Waals surface area contributed by atoms with E-state index in [1.165, 1.54) is 17.0 Å². The van der Waals surface area contributed by atoms with Crippen molar-refractivity contribution in [3.8, 4) is 0 Å². The van der Waals surface area contributed by atoms with Crippen LogP contribution in [-0.4, -0.2) is 43.4 Å². The summed E-state index contributed by atoms with van der Waals surface area (Å²) in [5.41, 5.74) is 1.26. The number of nitrogens with zero attached hydrogens (tertiary/aromatic N) is 1. The van der Waals surface area contributed by atoms with Crippen molar-refractivity contribution >= 4 is 29.1 Å². The van der Waals surface area contributed by atoms with E-state index in [4.69, 9.17) is 11.6 Å². The number of hydrogen-bond acceptors (Lipinski definition) is 2. The van der Waals surface area contributed by atoms with Crippen LogP contribution in [0, 0.1) is 5.82 Å². The van der Waals surface area contributed by atoms with Crippen LogP contribution in [0.4, 0.5) is 10.1 Å². The van der Waals surface area contributed by atoms with Crippen LogP contribution in [-0.2, 0) is 16.1 Å². The number of likely N-dealkylation sites (N-methyl/N-ethyl adjacent to an activating group) is 2. The molecule has 2 atom stereocenters. The van der Waals surface area contributed by atoms with Crippen molar-refractivity contribution in [3.63, 3.8) is 0 Å². The Labute approximate surface area is 163 Å². The van der Waals surface area contributed by atoms with E-state index in [2.05, 4.69) is 5.32 Å². The van der Waals surface area contributed by atoms with Crippen LogP contribution in [0.1, 0.15) is 12.5 Å². The summed E-state index contributed by atoms with van der Waals surface area (Å²) in [4.78, 5) is 27.2. The first kappa shape index (κ1) is 20.9. The predicted octanol–water partition coefficient (Wildman–Crippen LogP) is 1.98. The van der Waals surface area contributed by atoms with Crippen LogP contribution >= 0.6 is 11.6 Å². The first-order valence-electron chi connectivity index (χ1n) is 8.64. The predicted molar refractivity (Wildman–Crippen MR) is 104 cm³/mol. The van der Waals surface area contributed by atoms with Crippen molar-refractivity contribution in [2.45, 2.75) is 19.5 Å². The molecule has 0 aromatic heterocycles. The number of nitrogens with one attached hydrogen (secondary N) is 2. The van der Waals surface area contributed by atoms with E-state index in [9.17, 15) is 14.0 Å². The van der Waals surface area contributed by atoms with Gasteiger partial charge in [0.2, 0.25) is 0 Å². The maximum absolute atomic E-state index is 13.3. The molecule has 2 rings (SSSR count). The van der Waals surface area contributed by atoms with E-state index in [1.54, 1.807) is 57.4 Å². The first-order chi connectivity index (χ1) is 12.8. The van der Waals surface area contributed by atoms with Gasteiger partial charge in [0.1, 0.15) is 5.82 Å². The number of benzene rings is 2. The lowest BCUT2D eigenvalue weighted by Gasteiger charge is -2.25. The molecule has 0 bridgehead atoms. The van der Waals surface area contributed by atoms with Crippen LogP contribution in [0.15, 0.2) is 48.5 Å². The molecule has 2 aromatic rings. The number of anilines is 1. The summed E-state index contributed by atoms with van der Waals surface area (Å²) in [5, 5.41) is 3.21. The zero-order chi connectivity index (χ0) is 20.0. The number of rotatable bonds is 7. The molecule has 0 saturated carbocycles. The number of carbonyl (C=O) groups excluding carboxylic acids is 2. The van der Waals surface area contributed by atoms with Crippen molar-refractivity contribution in [1.82, 2.24) is 4.90 Å². The van der Waals surface area contributed by atoms with E-state index in [-0.39, 0.29) is 24.2 Å². The molecule has 5 nitrogen and oxygen atoms in total. The summed E-state index contributed by atoms with van der Waals surface area (Å²) in [7, 11) is 3.45. The van der Waals surface area contributed by atoms with Gasteiger partial charge in [0.15, 0.2) is 12.6 Å². The number of halogens is 2. The Morgan fingerprint density at radius 1 is 1.22 bits per heavy atom. The third-order valence-electron chi connectivity index (χ3n) is 4.38. The minimum atomic E-state index is -0.430. The summed E-state index contributed by atoms with van der Waals surface area (Å²) in [6.07, 6.45) is 0. The van der Waals surface area contributed by atoms with Crippen LogP contribution in [0.2, 0.25) is 5.02 Å². The standard InChI is InChI=1S/C20H23ClFN3O2/c1-14(20(27)25(3)12-15-7-6-8-16(22)11-15)24(2)13-19(26)23-18-10-5-4-9-17(18)21/h4-11,14H,12-13H2,1-3H3,(H,23,26)/p+1/t14-/m0/s1. The van der Waals surface area contributed by atoms with E-state index >= 15 is 0 Å². The molecule has 2 amide bonds. The number of quaternary nitrogens is 1. The summed E-state index contributed by atoms with van der Waals surface area (Å²) in [5.74, 6) is -0.685. The van der Waals surface area contributed by atoms with Gasteiger partial charge in [-0.15, -0.1) is 0 Å². The van der Waals surface area contributed by atoms with E-state index in [1.807, 2.05) is 0 Å². The smallest absolute Gasteiger partial charge is 0.280 e. The normalized spacial score (nSPS) is 12.9. The maximum atomic E-state index is 13.3. The Hall–Kier alpha value is -2.44. The van der Waals surface area contributed by atoms with Gasteiger partial charge < -0.3 is 15.1 Å². The fraction of sp³-hybridized carbons (Fsp3) is 0.300. The fourth-order valence-corrected chi connectivity index (χ4v) is 2.87. The Morgan fingerprint density at radius 3 is 2.59 bits per heavy atom. The average Bonchev–Trinajstić information content (AvgIpc) is 2.62. The summed E-state index contributed by atoms with van der Waals surface area (Å²) < 4.78 is 13.3. The Bertz CT molecular complexity index is 815. The van der Waals surface area contributed by atoms with E-state index in [0.29, 0.717) is 22.8 Å². The summed E-state index contributed by atoms with van der Waals surface area (Å²) in [6.45, 7) is 2.19. The average molecular weight is 393 g/mol. The molecule has 0 heterocycles. The van der Waals surface area contributed by atoms with E-state index in [0.717, 1.165) is 4.90 Å². The lowest BCUT2D eigenvalue weighted by molar-refractivity contribution is -0.886. The molecule has 7 heteroatoms. The third kappa shape index (κ3) is 6.05. The van der Waals surface area contributed by atoms with Crippen LogP contribution in [0.5, 0.6) is 0 Å². The lowest BCUT2D eigenvalue weighted by atomic mass is 10.2. The number of carbonyl (C=O) groups is 2. The van der Waals surface area contributed by atoms with Gasteiger partial charge in [-0.1, -0.05) is 35.9 Å². The first-order valence-corrected chi connectivity index (χ1v) is 9.02. The molecular weight excluding hydrogens is 369 g/mol. The molecule has 0 aliphatic heterocycles. The van der Waals surface area contributed by atoms with Crippen LogP contribution in [0.25, 0.3) is 0 Å². The summed E-state index contributed by atoms with van der Waals surface area (Å²) >= 11 is 6.04. The van der Waals surface area contributed by atoms with Gasteiger partial charge in [-0.25, -0.2) is 4.39 Å². The zero-order valence-electron chi connectivity index (χ0n) is 15.6. The molecule has 0 aliphatic rings. The van der Waals surface area contributed by atoms with Crippen molar-refractivity contribution in [3.05, 3.63) is 64.9 Å². The highest BCUT2D eigenvalue weighted by atomic mass is 35.5. The fourth-order valence-electron chi connectivity index (χ4n) is 2.69. The zero-order valence-corrected chi connectivity index (χ0v) is 16.4. The second-order valence-corrected chi connectivity index (χ2v) is 7.00. The Kier molecular flexibility index (Phi) is 7.33.